The molecule has 3 rings (SSSR count). The van der Waals surface area contributed by atoms with Crippen molar-refractivity contribution in [1.29, 1.82) is 0 Å². The minimum absolute atomic E-state index is 0.338. The fraction of sp³-hybridized carbons (Fsp3) is 0.615. The van der Waals surface area contributed by atoms with Crippen LogP contribution in [0.1, 0.15) is 25.5 Å². The van der Waals surface area contributed by atoms with E-state index < -0.39 is 0 Å². The second-order valence-electron chi connectivity index (χ2n) is 4.82. The van der Waals surface area contributed by atoms with E-state index in [0.717, 1.165) is 42.6 Å². The molecule has 1 atom stereocenters. The Balaban J connectivity index is 1.88. The van der Waals surface area contributed by atoms with Gasteiger partial charge < -0.3 is 15.4 Å². The van der Waals surface area contributed by atoms with Crippen molar-refractivity contribution in [3.05, 3.63) is 17.3 Å². The van der Waals surface area contributed by atoms with E-state index in [2.05, 4.69) is 16.2 Å². The maximum Gasteiger partial charge on any atom is 0.195 e. The van der Waals surface area contributed by atoms with Crippen LogP contribution in [0.3, 0.4) is 0 Å². The quantitative estimate of drug-likeness (QED) is 0.908. The molecule has 19 heavy (non-hydrogen) atoms. The van der Waals surface area contributed by atoms with Gasteiger partial charge in [-0.1, -0.05) is 0 Å². The van der Waals surface area contributed by atoms with E-state index in [-0.39, 0.29) is 0 Å². The summed E-state index contributed by atoms with van der Waals surface area (Å²) < 4.78 is 7.83. The molecule has 2 aromatic rings. The molecule has 5 nitrogen and oxygen atoms in total. The number of anilines is 1. The highest BCUT2D eigenvalue weighted by Crippen LogP contribution is 2.25. The third kappa shape index (κ3) is 2.35. The van der Waals surface area contributed by atoms with Gasteiger partial charge in [-0.15, -0.1) is 11.3 Å². The Kier molecular flexibility index (Phi) is 3.72. The molecule has 2 N–H and O–H groups in total. The van der Waals surface area contributed by atoms with E-state index in [1.165, 1.54) is 6.42 Å². The summed E-state index contributed by atoms with van der Waals surface area (Å²) >= 11 is 1.65. The monoisotopic (exact) mass is 280 g/mol. The lowest BCUT2D eigenvalue weighted by Gasteiger charge is -2.24. The summed E-state index contributed by atoms with van der Waals surface area (Å²) in [5, 5.41) is 2.04. The molecule has 1 unspecified atom stereocenters. The molecule has 104 valence electrons. The van der Waals surface area contributed by atoms with Crippen LogP contribution in [0.2, 0.25) is 0 Å². The maximum atomic E-state index is 5.91. The Morgan fingerprint density at radius 2 is 2.53 bits per heavy atom. The first kappa shape index (κ1) is 12.9. The van der Waals surface area contributed by atoms with Gasteiger partial charge in [0.25, 0.3) is 0 Å². The zero-order valence-electron chi connectivity index (χ0n) is 11.2. The topological polar surface area (TPSA) is 55.8 Å². The summed E-state index contributed by atoms with van der Waals surface area (Å²) in [5.74, 6) is 1.02. The second-order valence-corrected chi connectivity index (χ2v) is 5.69. The van der Waals surface area contributed by atoms with Crippen molar-refractivity contribution in [2.24, 2.45) is 5.73 Å². The lowest BCUT2D eigenvalue weighted by Crippen LogP contribution is -2.33. The minimum Gasteiger partial charge on any atom is -0.376 e. The van der Waals surface area contributed by atoms with Crippen LogP contribution in [0, 0.1) is 0 Å². The molecule has 0 aliphatic carbocycles. The average Bonchev–Trinajstić information content (AvgIpc) is 3.11. The molecule has 6 heteroatoms. The summed E-state index contributed by atoms with van der Waals surface area (Å²) in [5.41, 5.74) is 7.00. The molecular weight excluding hydrogens is 260 g/mol. The Bertz CT molecular complexity index is 544. The summed E-state index contributed by atoms with van der Waals surface area (Å²) in [4.78, 5) is 8.03. The number of nitrogens with two attached hydrogens (primary N) is 1. The minimum atomic E-state index is 0.338. The molecule has 2 aromatic heterocycles. The summed E-state index contributed by atoms with van der Waals surface area (Å²) in [6.07, 6.45) is 4.70. The highest BCUT2D eigenvalue weighted by molar-refractivity contribution is 7.15. The fourth-order valence-corrected chi connectivity index (χ4v) is 3.39. The molecule has 0 aromatic carbocycles. The normalized spacial score (nSPS) is 19.4. The summed E-state index contributed by atoms with van der Waals surface area (Å²) in [6.45, 7) is 5.40. The number of aromatic nitrogens is 2. The van der Waals surface area contributed by atoms with E-state index in [0.29, 0.717) is 12.6 Å². The number of hydrogen-bond acceptors (Lipinski definition) is 5. The predicted octanol–water partition coefficient (Wildman–Crippen LogP) is 1.86. The van der Waals surface area contributed by atoms with Gasteiger partial charge in [0, 0.05) is 37.8 Å². The fourth-order valence-electron chi connectivity index (χ4n) is 2.66. The van der Waals surface area contributed by atoms with Crippen LogP contribution in [0.15, 0.2) is 11.6 Å². The van der Waals surface area contributed by atoms with Crippen LogP contribution in [0.25, 0.3) is 4.96 Å². The van der Waals surface area contributed by atoms with Crippen LogP contribution in [0.4, 0.5) is 5.82 Å². The first-order valence-electron chi connectivity index (χ1n) is 6.84. The van der Waals surface area contributed by atoms with Crippen molar-refractivity contribution < 1.29 is 4.74 Å². The van der Waals surface area contributed by atoms with Gasteiger partial charge >= 0.3 is 0 Å². The molecule has 3 heterocycles. The highest BCUT2D eigenvalue weighted by atomic mass is 32.1. The first-order chi connectivity index (χ1) is 9.33. The number of rotatable bonds is 5. The van der Waals surface area contributed by atoms with Gasteiger partial charge in [0.2, 0.25) is 0 Å². The Morgan fingerprint density at radius 3 is 3.21 bits per heavy atom. The van der Waals surface area contributed by atoms with E-state index in [4.69, 9.17) is 15.5 Å². The van der Waals surface area contributed by atoms with Crippen LogP contribution >= 0.6 is 11.3 Å². The summed E-state index contributed by atoms with van der Waals surface area (Å²) in [6, 6.07) is 0. The van der Waals surface area contributed by atoms with Crippen molar-refractivity contribution in [3.8, 4) is 0 Å². The SMILES string of the molecule is CCN(CC1CCCO1)c1nc2sccn2c1CN. The third-order valence-corrected chi connectivity index (χ3v) is 4.42. The van der Waals surface area contributed by atoms with Crippen LogP contribution in [0.5, 0.6) is 0 Å². The maximum absolute atomic E-state index is 5.91. The largest absolute Gasteiger partial charge is 0.376 e. The molecule has 0 bridgehead atoms. The molecule has 1 aliphatic heterocycles. The van der Waals surface area contributed by atoms with Gasteiger partial charge in [0.1, 0.15) is 0 Å². The van der Waals surface area contributed by atoms with E-state index in [1.807, 2.05) is 11.6 Å². The van der Waals surface area contributed by atoms with Crippen molar-refractivity contribution >= 4 is 22.1 Å². The molecule has 1 aliphatic rings. The van der Waals surface area contributed by atoms with Crippen molar-refractivity contribution in [3.63, 3.8) is 0 Å². The number of imidazole rings is 1. The first-order valence-corrected chi connectivity index (χ1v) is 7.72. The van der Waals surface area contributed by atoms with Gasteiger partial charge in [-0.2, -0.15) is 0 Å². The van der Waals surface area contributed by atoms with Crippen LogP contribution in [-0.2, 0) is 11.3 Å². The Hall–Kier alpha value is -1.11. The van der Waals surface area contributed by atoms with Gasteiger partial charge in [-0.25, -0.2) is 4.98 Å². The smallest absolute Gasteiger partial charge is 0.195 e. The molecule has 0 spiro atoms. The zero-order chi connectivity index (χ0) is 13.2. The lowest BCUT2D eigenvalue weighted by atomic mass is 10.2. The Labute approximate surface area is 117 Å². The zero-order valence-corrected chi connectivity index (χ0v) is 12.0. The third-order valence-electron chi connectivity index (χ3n) is 3.66. The van der Waals surface area contributed by atoms with Crippen molar-refractivity contribution in [1.82, 2.24) is 9.38 Å². The molecule has 0 radical (unpaired) electrons. The number of fused-ring (bicyclic) bond motifs is 1. The number of nitrogens with zero attached hydrogens (tertiary/aromatic N) is 3. The van der Waals surface area contributed by atoms with Gasteiger partial charge in [-0.05, 0) is 19.8 Å². The molecule has 1 fully saturated rings. The highest BCUT2D eigenvalue weighted by Gasteiger charge is 2.22. The standard InChI is InChI=1S/C13H20N4OS/c1-2-16(9-10-4-3-6-18-10)12-11(8-14)17-5-7-19-13(17)15-12/h5,7,10H,2-4,6,8-9,14H2,1H3. The summed E-state index contributed by atoms with van der Waals surface area (Å²) in [7, 11) is 0. The van der Waals surface area contributed by atoms with E-state index >= 15 is 0 Å². The van der Waals surface area contributed by atoms with Crippen molar-refractivity contribution in [2.45, 2.75) is 32.4 Å². The molecule has 0 saturated carbocycles. The molecule has 1 saturated heterocycles. The Morgan fingerprint density at radius 1 is 1.63 bits per heavy atom. The van der Waals surface area contributed by atoms with Gasteiger partial charge in [0.15, 0.2) is 10.8 Å². The second kappa shape index (κ2) is 5.48. The van der Waals surface area contributed by atoms with E-state index in [9.17, 15) is 0 Å². The average molecular weight is 280 g/mol. The van der Waals surface area contributed by atoms with Gasteiger partial charge in [-0.3, -0.25) is 4.40 Å². The van der Waals surface area contributed by atoms with Crippen LogP contribution < -0.4 is 10.6 Å². The molecular formula is C13H20N4OS. The number of hydrogen-bond donors (Lipinski definition) is 1. The van der Waals surface area contributed by atoms with Crippen LogP contribution in [-0.4, -0.2) is 35.2 Å². The lowest BCUT2D eigenvalue weighted by molar-refractivity contribution is 0.115. The van der Waals surface area contributed by atoms with Gasteiger partial charge in [0.05, 0.1) is 11.8 Å². The number of ether oxygens (including phenoxy) is 1. The number of likely N-dealkylation sites (N-methyl/N-ethyl adjacent to an activating group) is 1. The molecule has 0 amide bonds. The van der Waals surface area contributed by atoms with Crippen molar-refractivity contribution in [2.75, 3.05) is 24.6 Å². The predicted molar refractivity (Wildman–Crippen MR) is 77.8 cm³/mol. The van der Waals surface area contributed by atoms with E-state index in [1.54, 1.807) is 11.3 Å². The number of thiazole rings is 1.